The van der Waals surface area contributed by atoms with Crippen LogP contribution in [0.1, 0.15) is 74.0 Å². The first-order chi connectivity index (χ1) is 29.0. The van der Waals surface area contributed by atoms with Crippen LogP contribution < -0.4 is 20.5 Å². The van der Waals surface area contributed by atoms with Crippen molar-refractivity contribution < 1.29 is 44.6 Å². The number of nitrogens with one attached hydrogen (secondary N) is 1. The van der Waals surface area contributed by atoms with E-state index in [4.69, 9.17) is 20.2 Å². The number of aromatic nitrogens is 2. The molecule has 2 atom stereocenters. The highest BCUT2D eigenvalue weighted by molar-refractivity contribution is 5.83. The lowest BCUT2D eigenvalue weighted by Crippen LogP contribution is -2.59. The first-order valence-corrected chi connectivity index (χ1v) is 20.0. The van der Waals surface area contributed by atoms with Crippen LogP contribution in [0.4, 0.5) is 35.1 Å². The second-order valence-corrected chi connectivity index (χ2v) is 17.4. The number of hydrogen-bond donors (Lipinski definition) is 2. The standard InChI is InChI=1S/C48H50F8N4O2/c1-43(2,37-23-32(49)16-17-41(37)61-6)27-45(57,47(51,52)53)25-31-22-34(60-40-15-11-9-13-36(31)40)21-30-20-33(50)24-38(42(30)62-7)44(3,4)28-46(58-5,48(54,55)56)26-29-18-19-59-39-14-10-8-12-35(29)39/h8-20,22-24,58H,21,25-28,57H2,1-7H3. The Hall–Kier alpha value is -5.34. The minimum absolute atomic E-state index is 0.115. The number of nitrogens with zero attached hydrogens (tertiary/aromatic N) is 2. The number of pyridine rings is 2. The monoisotopic (exact) mass is 866 g/mol. The van der Waals surface area contributed by atoms with Gasteiger partial charge in [-0.25, -0.2) is 8.78 Å². The Kier molecular flexibility index (Phi) is 12.7. The summed E-state index contributed by atoms with van der Waals surface area (Å²) in [5, 5.41) is 3.56. The summed E-state index contributed by atoms with van der Waals surface area (Å²) in [7, 11) is 3.92. The van der Waals surface area contributed by atoms with Gasteiger partial charge in [-0.15, -0.1) is 0 Å². The zero-order valence-corrected chi connectivity index (χ0v) is 35.6. The average molecular weight is 867 g/mol. The Morgan fingerprint density at radius 2 is 1.24 bits per heavy atom. The molecule has 0 aliphatic rings. The maximum atomic E-state index is 15.8. The Morgan fingerprint density at radius 3 is 1.85 bits per heavy atom. The minimum Gasteiger partial charge on any atom is -0.496 e. The van der Waals surface area contributed by atoms with Gasteiger partial charge in [0.2, 0.25) is 0 Å². The summed E-state index contributed by atoms with van der Waals surface area (Å²) in [4.78, 5) is 9.03. The maximum absolute atomic E-state index is 15.8. The van der Waals surface area contributed by atoms with Gasteiger partial charge in [0.05, 0.1) is 25.3 Å². The van der Waals surface area contributed by atoms with E-state index >= 15 is 30.7 Å². The van der Waals surface area contributed by atoms with E-state index in [0.717, 1.165) is 18.2 Å². The zero-order chi connectivity index (χ0) is 45.5. The van der Waals surface area contributed by atoms with Gasteiger partial charge in [0, 0.05) is 52.2 Å². The van der Waals surface area contributed by atoms with E-state index in [9.17, 15) is 4.39 Å². The number of ether oxygens (including phenoxy) is 2. The highest BCUT2D eigenvalue weighted by Crippen LogP contribution is 2.48. The fraction of sp³-hybridized carbons (Fsp3) is 0.375. The number of halogens is 8. The molecule has 0 saturated carbocycles. The predicted molar refractivity (Wildman–Crippen MR) is 226 cm³/mol. The largest absolute Gasteiger partial charge is 0.496 e. The number of alkyl halides is 6. The van der Waals surface area contributed by atoms with E-state index < -0.39 is 71.6 Å². The van der Waals surface area contributed by atoms with E-state index in [1.165, 1.54) is 45.7 Å². The van der Waals surface area contributed by atoms with Gasteiger partial charge < -0.3 is 20.5 Å². The normalized spacial score (nSPS) is 14.8. The number of methoxy groups -OCH3 is 2. The van der Waals surface area contributed by atoms with E-state index in [-0.39, 0.29) is 45.9 Å². The molecular weight excluding hydrogens is 817 g/mol. The van der Waals surface area contributed by atoms with Crippen molar-refractivity contribution in [3.8, 4) is 11.5 Å². The van der Waals surface area contributed by atoms with Crippen molar-refractivity contribution in [3.05, 3.63) is 142 Å². The molecule has 0 bridgehead atoms. The van der Waals surface area contributed by atoms with Gasteiger partial charge in [-0.05, 0) is 103 Å². The summed E-state index contributed by atoms with van der Waals surface area (Å²) in [5.74, 6) is -1.07. The molecule has 4 aromatic carbocycles. The first kappa shape index (κ1) is 46.2. The number of para-hydroxylation sites is 2. The van der Waals surface area contributed by atoms with Crippen LogP contribution in [0, 0.1) is 11.6 Å². The van der Waals surface area contributed by atoms with E-state index in [1.54, 1.807) is 82.3 Å². The second kappa shape index (κ2) is 17.1. The lowest BCUT2D eigenvalue weighted by molar-refractivity contribution is -0.201. The average Bonchev–Trinajstić information content (AvgIpc) is 3.19. The van der Waals surface area contributed by atoms with Crippen molar-refractivity contribution in [1.82, 2.24) is 15.3 Å². The van der Waals surface area contributed by atoms with Crippen LogP contribution in [0.2, 0.25) is 0 Å². The van der Waals surface area contributed by atoms with Crippen LogP contribution >= 0.6 is 0 Å². The second-order valence-electron chi connectivity index (χ2n) is 17.4. The molecule has 0 fully saturated rings. The summed E-state index contributed by atoms with van der Waals surface area (Å²) >= 11 is 0. The van der Waals surface area contributed by atoms with Crippen LogP contribution in [0.15, 0.2) is 97.2 Å². The van der Waals surface area contributed by atoms with Gasteiger partial charge in [-0.1, -0.05) is 64.1 Å². The molecule has 0 aliphatic carbocycles. The molecule has 2 heterocycles. The Bertz CT molecular complexity index is 2570. The highest BCUT2D eigenvalue weighted by atomic mass is 19.4. The van der Waals surface area contributed by atoms with Crippen LogP contribution in [0.3, 0.4) is 0 Å². The Morgan fingerprint density at radius 1 is 0.629 bits per heavy atom. The summed E-state index contributed by atoms with van der Waals surface area (Å²) in [5.41, 5.74) is 0.729. The summed E-state index contributed by atoms with van der Waals surface area (Å²) in [6.07, 6.45) is -10.8. The van der Waals surface area contributed by atoms with Crippen molar-refractivity contribution in [2.24, 2.45) is 5.73 Å². The van der Waals surface area contributed by atoms with Gasteiger partial charge in [0.1, 0.15) is 34.2 Å². The molecule has 6 aromatic rings. The fourth-order valence-electron chi connectivity index (χ4n) is 9.03. The van der Waals surface area contributed by atoms with E-state index in [2.05, 4.69) is 10.3 Å². The van der Waals surface area contributed by atoms with E-state index in [1.807, 2.05) is 0 Å². The summed E-state index contributed by atoms with van der Waals surface area (Å²) in [6.45, 7) is 6.25. The number of benzene rings is 4. The van der Waals surface area contributed by atoms with Gasteiger partial charge in [-0.2, -0.15) is 26.3 Å². The minimum atomic E-state index is -4.94. The molecule has 0 spiro atoms. The van der Waals surface area contributed by atoms with Gasteiger partial charge >= 0.3 is 12.4 Å². The third-order valence-corrected chi connectivity index (χ3v) is 12.0. The molecule has 2 aromatic heterocycles. The predicted octanol–water partition coefficient (Wildman–Crippen LogP) is 11.3. The van der Waals surface area contributed by atoms with Crippen molar-refractivity contribution in [3.63, 3.8) is 0 Å². The third-order valence-electron chi connectivity index (χ3n) is 12.0. The maximum Gasteiger partial charge on any atom is 0.406 e. The molecule has 0 saturated heterocycles. The van der Waals surface area contributed by atoms with Crippen LogP contribution in [0.5, 0.6) is 11.5 Å². The molecule has 3 N–H and O–H groups in total. The zero-order valence-electron chi connectivity index (χ0n) is 35.6. The molecule has 2 unspecified atom stereocenters. The molecule has 0 amide bonds. The number of nitrogens with two attached hydrogens (primary N) is 1. The van der Waals surface area contributed by atoms with E-state index in [0.29, 0.717) is 27.4 Å². The molecule has 0 radical (unpaired) electrons. The lowest BCUT2D eigenvalue weighted by atomic mass is 9.70. The molecule has 330 valence electrons. The van der Waals surface area contributed by atoms with Crippen molar-refractivity contribution in [2.75, 3.05) is 21.3 Å². The SMILES string of the molecule is CNC(Cc1ccnc2ccccc12)(CC(C)(C)c1cc(F)cc(Cc2cc(CC(N)(CC(C)(C)c3cc(F)ccc3OC)C(F)(F)F)c3ccccc3n2)c1OC)C(F)(F)F. The van der Waals surface area contributed by atoms with Gasteiger partial charge in [0.25, 0.3) is 0 Å². The first-order valence-electron chi connectivity index (χ1n) is 20.0. The lowest BCUT2D eigenvalue weighted by Gasteiger charge is -2.42. The summed E-state index contributed by atoms with van der Waals surface area (Å²) < 4.78 is 134. The van der Waals surface area contributed by atoms with Gasteiger partial charge in [0.15, 0.2) is 0 Å². The number of hydrogen-bond acceptors (Lipinski definition) is 6. The Balaban J connectivity index is 1.40. The molecule has 6 rings (SSSR count). The molecule has 14 heteroatoms. The van der Waals surface area contributed by atoms with Crippen molar-refractivity contribution >= 4 is 21.8 Å². The smallest absolute Gasteiger partial charge is 0.406 e. The van der Waals surface area contributed by atoms with Crippen molar-refractivity contribution in [2.45, 2.75) is 94.1 Å². The third kappa shape index (κ3) is 9.22. The quantitative estimate of drug-likeness (QED) is 0.100. The molecule has 62 heavy (non-hydrogen) atoms. The molecule has 6 nitrogen and oxygen atoms in total. The Labute approximate surface area is 355 Å². The molecule has 0 aliphatic heterocycles. The topological polar surface area (TPSA) is 82.3 Å². The number of rotatable bonds is 15. The number of likely N-dealkylation sites (N-methyl/N-ethyl adjacent to an activating group) is 1. The number of fused-ring (bicyclic) bond motifs is 2. The highest BCUT2D eigenvalue weighted by Gasteiger charge is 2.57. The molecular formula is C48H50F8N4O2. The van der Waals surface area contributed by atoms with Gasteiger partial charge in [-0.3, -0.25) is 9.97 Å². The van der Waals surface area contributed by atoms with Crippen LogP contribution in [0.25, 0.3) is 21.8 Å². The fourth-order valence-corrected chi connectivity index (χ4v) is 9.03. The van der Waals surface area contributed by atoms with Crippen molar-refractivity contribution in [1.29, 1.82) is 0 Å². The van der Waals surface area contributed by atoms with Crippen LogP contribution in [-0.4, -0.2) is 54.7 Å². The summed E-state index contributed by atoms with van der Waals surface area (Å²) in [6, 6.07) is 22.6. The van der Waals surface area contributed by atoms with Crippen LogP contribution in [-0.2, 0) is 30.1 Å².